The second-order valence-corrected chi connectivity index (χ2v) is 10.7. The molecule has 0 amide bonds. The van der Waals surface area contributed by atoms with Crippen molar-refractivity contribution in [2.24, 2.45) is 5.92 Å². The van der Waals surface area contributed by atoms with E-state index < -0.39 is 0 Å². The molecule has 0 bridgehead atoms. The molecule has 0 aliphatic heterocycles. The molecule has 3 aromatic rings. The van der Waals surface area contributed by atoms with Crippen molar-refractivity contribution < 1.29 is 4.74 Å². The first-order valence-electron chi connectivity index (χ1n) is 10.6. The van der Waals surface area contributed by atoms with Gasteiger partial charge in [0, 0.05) is 22.2 Å². The van der Waals surface area contributed by atoms with Gasteiger partial charge in [0.25, 0.3) is 5.56 Å². The van der Waals surface area contributed by atoms with Gasteiger partial charge in [-0.05, 0) is 67.9 Å². The Balaban J connectivity index is 1.56. The number of fused-ring (bicyclic) bond motifs is 3. The van der Waals surface area contributed by atoms with E-state index in [1.807, 2.05) is 28.8 Å². The molecule has 2 aromatic heterocycles. The smallest absolute Gasteiger partial charge is 0.263 e. The zero-order valence-corrected chi connectivity index (χ0v) is 19.8. The van der Waals surface area contributed by atoms with Crippen molar-refractivity contribution in [3.8, 4) is 5.75 Å². The molecule has 4 nitrogen and oxygen atoms in total. The van der Waals surface area contributed by atoms with Crippen LogP contribution in [-0.2, 0) is 19.4 Å². The van der Waals surface area contributed by atoms with E-state index in [9.17, 15) is 4.79 Å². The van der Waals surface area contributed by atoms with E-state index in [0.29, 0.717) is 24.1 Å². The molecule has 0 spiro atoms. The Morgan fingerprint density at radius 3 is 2.77 bits per heavy atom. The van der Waals surface area contributed by atoms with Gasteiger partial charge in [0.05, 0.1) is 12.0 Å². The molecule has 160 valence electrons. The van der Waals surface area contributed by atoms with E-state index in [1.165, 1.54) is 23.3 Å². The average molecular weight is 463 g/mol. The first kappa shape index (κ1) is 21.7. The summed E-state index contributed by atoms with van der Waals surface area (Å²) in [5, 5.41) is 2.38. The van der Waals surface area contributed by atoms with Crippen molar-refractivity contribution in [2.75, 3.05) is 12.4 Å². The van der Waals surface area contributed by atoms with Gasteiger partial charge >= 0.3 is 0 Å². The summed E-state index contributed by atoms with van der Waals surface area (Å²) in [5.41, 5.74) is 1.40. The van der Waals surface area contributed by atoms with E-state index in [-0.39, 0.29) is 5.56 Å². The van der Waals surface area contributed by atoms with Crippen LogP contribution in [0.3, 0.4) is 0 Å². The molecule has 0 unspecified atom stereocenters. The average Bonchev–Trinajstić information content (AvgIpc) is 3.10. The number of ether oxygens (including phenoxy) is 1. The van der Waals surface area contributed by atoms with Crippen LogP contribution in [0.15, 0.2) is 34.2 Å². The van der Waals surface area contributed by atoms with Crippen molar-refractivity contribution in [1.29, 1.82) is 0 Å². The summed E-state index contributed by atoms with van der Waals surface area (Å²) >= 11 is 9.24. The zero-order valence-electron chi connectivity index (χ0n) is 17.4. The summed E-state index contributed by atoms with van der Waals surface area (Å²) in [6, 6.07) is 7.38. The minimum Gasteiger partial charge on any atom is -0.493 e. The van der Waals surface area contributed by atoms with Crippen LogP contribution in [0.2, 0.25) is 5.02 Å². The van der Waals surface area contributed by atoms with E-state index in [4.69, 9.17) is 21.3 Å². The lowest BCUT2D eigenvalue weighted by molar-refractivity contribution is 0.343. The number of aryl methyl sites for hydroxylation is 2. The topological polar surface area (TPSA) is 44.1 Å². The minimum absolute atomic E-state index is 0.140. The Labute approximate surface area is 190 Å². The van der Waals surface area contributed by atoms with Crippen molar-refractivity contribution in [1.82, 2.24) is 9.55 Å². The molecule has 0 fully saturated rings. The van der Waals surface area contributed by atoms with E-state index >= 15 is 0 Å². The Kier molecular flexibility index (Phi) is 7.06. The summed E-state index contributed by atoms with van der Waals surface area (Å²) in [7, 11) is 0. The monoisotopic (exact) mass is 462 g/mol. The number of hydrogen-bond donors (Lipinski definition) is 0. The third-order valence-electron chi connectivity index (χ3n) is 5.37. The van der Waals surface area contributed by atoms with Crippen molar-refractivity contribution >= 4 is 44.9 Å². The molecule has 0 saturated carbocycles. The first-order valence-corrected chi connectivity index (χ1v) is 12.8. The van der Waals surface area contributed by atoms with E-state index in [0.717, 1.165) is 46.1 Å². The lowest BCUT2D eigenvalue weighted by Crippen LogP contribution is -2.24. The van der Waals surface area contributed by atoms with Crippen LogP contribution in [-0.4, -0.2) is 21.9 Å². The van der Waals surface area contributed by atoms with E-state index in [2.05, 4.69) is 13.8 Å². The van der Waals surface area contributed by atoms with Crippen LogP contribution in [0.5, 0.6) is 5.75 Å². The third-order valence-corrected chi connectivity index (χ3v) is 7.75. The molecular weight excluding hydrogens is 436 g/mol. The summed E-state index contributed by atoms with van der Waals surface area (Å²) < 4.78 is 7.71. The number of nitrogens with zero attached hydrogens (tertiary/aromatic N) is 2. The quantitative estimate of drug-likeness (QED) is 0.227. The van der Waals surface area contributed by atoms with Crippen LogP contribution in [0.4, 0.5) is 0 Å². The molecular formula is C23H27ClN2O2S2. The normalized spacial score (nSPS) is 13.7. The maximum Gasteiger partial charge on any atom is 0.263 e. The fraction of sp³-hybridized carbons (Fsp3) is 0.478. The summed E-state index contributed by atoms with van der Waals surface area (Å²) in [5.74, 6) is 2.06. The van der Waals surface area contributed by atoms with Gasteiger partial charge in [-0.1, -0.05) is 37.2 Å². The van der Waals surface area contributed by atoms with Gasteiger partial charge in [0.2, 0.25) is 0 Å². The van der Waals surface area contributed by atoms with Crippen LogP contribution in [0.1, 0.15) is 43.6 Å². The van der Waals surface area contributed by atoms with E-state index in [1.54, 1.807) is 23.1 Å². The SMILES string of the molecule is CC(C)CCn1c(SCCOc2ccc(Cl)cc2)nc2sc3c(c2c1=O)CCCC3. The molecule has 1 aromatic carbocycles. The highest BCUT2D eigenvalue weighted by atomic mass is 35.5. The molecule has 1 aliphatic rings. The predicted molar refractivity (Wildman–Crippen MR) is 128 cm³/mol. The fourth-order valence-electron chi connectivity index (χ4n) is 3.74. The lowest BCUT2D eigenvalue weighted by Gasteiger charge is -2.14. The number of thioether (sulfide) groups is 1. The fourth-order valence-corrected chi connectivity index (χ4v) is 6.01. The van der Waals surface area contributed by atoms with Gasteiger partial charge in [-0.3, -0.25) is 9.36 Å². The van der Waals surface area contributed by atoms with Gasteiger partial charge < -0.3 is 4.74 Å². The van der Waals surface area contributed by atoms with Crippen molar-refractivity contribution in [3.05, 3.63) is 50.1 Å². The highest BCUT2D eigenvalue weighted by Crippen LogP contribution is 2.34. The molecule has 0 saturated heterocycles. The number of thiophene rings is 1. The number of benzene rings is 1. The molecule has 0 radical (unpaired) electrons. The Morgan fingerprint density at radius 1 is 1.23 bits per heavy atom. The van der Waals surface area contributed by atoms with Crippen molar-refractivity contribution in [2.45, 2.75) is 57.7 Å². The number of aromatic nitrogens is 2. The summed E-state index contributed by atoms with van der Waals surface area (Å²) in [6.45, 7) is 5.64. The van der Waals surface area contributed by atoms with Gasteiger partial charge in [0.15, 0.2) is 5.16 Å². The standard InChI is InChI=1S/C23H27ClN2O2S2/c1-15(2)11-12-26-22(27)20-18-5-3-4-6-19(18)30-21(20)25-23(26)29-14-13-28-17-9-7-16(24)8-10-17/h7-10,15H,3-6,11-14H2,1-2H3. The Bertz CT molecular complexity index is 1070. The predicted octanol–water partition coefficient (Wildman–Crippen LogP) is 6.21. The largest absolute Gasteiger partial charge is 0.493 e. The van der Waals surface area contributed by atoms with Crippen molar-refractivity contribution in [3.63, 3.8) is 0 Å². The van der Waals surface area contributed by atoms with Gasteiger partial charge in [0.1, 0.15) is 10.6 Å². The minimum atomic E-state index is 0.140. The highest BCUT2D eigenvalue weighted by Gasteiger charge is 2.22. The van der Waals surface area contributed by atoms with Gasteiger partial charge in [-0.2, -0.15) is 0 Å². The molecule has 0 N–H and O–H groups in total. The molecule has 2 heterocycles. The second-order valence-electron chi connectivity index (χ2n) is 8.08. The maximum absolute atomic E-state index is 13.5. The molecule has 4 rings (SSSR count). The molecule has 0 atom stereocenters. The lowest BCUT2D eigenvalue weighted by atomic mass is 9.97. The maximum atomic E-state index is 13.5. The Hall–Kier alpha value is -1.50. The zero-order chi connectivity index (χ0) is 21.1. The third kappa shape index (κ3) is 4.87. The van der Waals surface area contributed by atoms with Gasteiger partial charge in [-0.15, -0.1) is 11.3 Å². The molecule has 1 aliphatic carbocycles. The number of hydrogen-bond acceptors (Lipinski definition) is 5. The van der Waals surface area contributed by atoms with Crippen LogP contribution >= 0.6 is 34.7 Å². The van der Waals surface area contributed by atoms with Crippen LogP contribution in [0.25, 0.3) is 10.2 Å². The molecule has 30 heavy (non-hydrogen) atoms. The van der Waals surface area contributed by atoms with Crippen LogP contribution < -0.4 is 10.3 Å². The van der Waals surface area contributed by atoms with Crippen LogP contribution in [0, 0.1) is 5.92 Å². The molecule has 7 heteroatoms. The highest BCUT2D eigenvalue weighted by molar-refractivity contribution is 7.99. The first-order chi connectivity index (χ1) is 14.5. The second kappa shape index (κ2) is 9.75. The number of rotatable bonds is 8. The summed E-state index contributed by atoms with van der Waals surface area (Å²) in [6.07, 6.45) is 5.44. The summed E-state index contributed by atoms with van der Waals surface area (Å²) in [4.78, 5) is 20.7. The number of halogens is 1. The van der Waals surface area contributed by atoms with Gasteiger partial charge in [-0.25, -0.2) is 4.98 Å². The Morgan fingerprint density at radius 2 is 2.00 bits per heavy atom.